The molecule has 4 N–H and O–H groups in total. The predicted octanol–water partition coefficient (Wildman–Crippen LogP) is 1.98. The van der Waals surface area contributed by atoms with Crippen LogP contribution in [-0.2, 0) is 28.5 Å². The molecule has 0 aliphatic rings. The van der Waals surface area contributed by atoms with Gasteiger partial charge in [0, 0.05) is 6.54 Å². The molecule has 2 amide bonds. The fourth-order valence-electron chi connectivity index (χ4n) is 3.01. The van der Waals surface area contributed by atoms with Crippen LogP contribution in [0.25, 0.3) is 0 Å². The third kappa shape index (κ3) is 13.0. The van der Waals surface area contributed by atoms with Gasteiger partial charge in [-0.25, -0.2) is 4.98 Å². The number of amides is 2. The lowest BCUT2D eigenvalue weighted by Gasteiger charge is -2.11. The van der Waals surface area contributed by atoms with Crippen LogP contribution in [0.5, 0.6) is 0 Å². The van der Waals surface area contributed by atoms with Gasteiger partial charge >= 0.3 is 5.00 Å². The highest BCUT2D eigenvalue weighted by atomic mass is 32.1. The molecule has 1 aromatic carbocycles. The Bertz CT molecular complexity index is 1040. The summed E-state index contributed by atoms with van der Waals surface area (Å²) in [6, 6.07) is 6.44. The van der Waals surface area contributed by atoms with Crippen molar-refractivity contribution in [3.63, 3.8) is 0 Å². The third-order valence-electron chi connectivity index (χ3n) is 4.83. The van der Waals surface area contributed by atoms with Crippen molar-refractivity contribution in [2.24, 2.45) is 5.73 Å². The summed E-state index contributed by atoms with van der Waals surface area (Å²) in [6.07, 6.45) is 0.0776. The zero-order valence-electron chi connectivity index (χ0n) is 21.8. The van der Waals surface area contributed by atoms with E-state index in [1.165, 1.54) is 13.0 Å². The highest BCUT2D eigenvalue weighted by Gasteiger charge is 2.20. The van der Waals surface area contributed by atoms with Crippen LogP contribution >= 0.6 is 11.3 Å². The molecule has 15 heteroatoms. The van der Waals surface area contributed by atoms with E-state index in [1.54, 1.807) is 18.2 Å². The summed E-state index contributed by atoms with van der Waals surface area (Å²) >= 11 is 0.763. The molecule has 1 aromatic heterocycles. The number of ether oxygens (including phenoxy) is 5. The number of nitrogens with zero attached hydrogens (tertiary/aromatic N) is 2. The molecule has 0 bridgehead atoms. The summed E-state index contributed by atoms with van der Waals surface area (Å²) in [6.45, 7) is 6.15. The number of anilines is 2. The molecule has 2 rings (SSSR count). The molecule has 0 radical (unpaired) electrons. The number of aromatic nitrogens is 1. The zero-order chi connectivity index (χ0) is 28.3. The van der Waals surface area contributed by atoms with E-state index in [-0.39, 0.29) is 40.3 Å². The minimum absolute atomic E-state index is 0.0776. The van der Waals surface area contributed by atoms with Crippen molar-refractivity contribution in [2.45, 2.75) is 13.3 Å². The molecule has 0 aliphatic carbocycles. The molecule has 0 unspecified atom stereocenters. The van der Waals surface area contributed by atoms with Crippen LogP contribution in [0.2, 0.25) is 0 Å². The maximum Gasteiger partial charge on any atom is 0.348 e. The van der Waals surface area contributed by atoms with Crippen LogP contribution in [0, 0.1) is 17.0 Å². The van der Waals surface area contributed by atoms with E-state index < -0.39 is 10.8 Å². The summed E-state index contributed by atoms with van der Waals surface area (Å²) in [4.78, 5) is 39.5. The van der Waals surface area contributed by atoms with E-state index in [9.17, 15) is 19.7 Å². The largest absolute Gasteiger partial charge is 0.379 e. The van der Waals surface area contributed by atoms with E-state index in [0.29, 0.717) is 71.7 Å². The summed E-state index contributed by atoms with van der Waals surface area (Å²) in [5.41, 5.74) is 6.02. The van der Waals surface area contributed by atoms with Gasteiger partial charge in [0.25, 0.3) is 5.91 Å². The minimum Gasteiger partial charge on any atom is -0.379 e. The Kier molecular flexibility index (Phi) is 15.7. The van der Waals surface area contributed by atoms with Crippen molar-refractivity contribution < 1.29 is 38.2 Å². The second-order valence-electron chi connectivity index (χ2n) is 7.82. The fourth-order valence-corrected chi connectivity index (χ4v) is 3.79. The number of carbonyl (C=O) groups is 2. The summed E-state index contributed by atoms with van der Waals surface area (Å²) in [5, 5.41) is 16.2. The Morgan fingerprint density at radius 2 is 1.44 bits per heavy atom. The maximum atomic E-state index is 12.7. The second kappa shape index (κ2) is 19.1. The first-order chi connectivity index (χ1) is 18.9. The van der Waals surface area contributed by atoms with Crippen LogP contribution in [0.1, 0.15) is 22.5 Å². The highest BCUT2D eigenvalue weighted by molar-refractivity contribution is 7.19. The first-order valence-corrected chi connectivity index (χ1v) is 13.1. The van der Waals surface area contributed by atoms with Gasteiger partial charge in [0.2, 0.25) is 5.91 Å². The quantitative estimate of drug-likeness (QED) is 0.113. The van der Waals surface area contributed by atoms with Crippen molar-refractivity contribution in [1.29, 1.82) is 0 Å². The molecule has 216 valence electrons. The van der Waals surface area contributed by atoms with Crippen molar-refractivity contribution in [2.75, 3.05) is 83.2 Å². The zero-order valence-corrected chi connectivity index (χ0v) is 22.7. The van der Waals surface area contributed by atoms with Gasteiger partial charge in [-0.2, -0.15) is 0 Å². The average Bonchev–Trinajstić information content (AvgIpc) is 3.28. The molecule has 2 aromatic rings. The fraction of sp³-hybridized carbons (Fsp3) is 0.542. The van der Waals surface area contributed by atoms with Crippen LogP contribution in [0.3, 0.4) is 0 Å². The first-order valence-electron chi connectivity index (χ1n) is 12.3. The molecule has 0 atom stereocenters. The number of nitrogens with two attached hydrogens (primary N) is 1. The number of nitro groups is 1. The standard InChI is InChI=1S/C24H35N5O9S/c1-18-23(29(32)33)39-24(26-18)28-22(31)19-4-2-3-5-20(19)27-21(30)6-8-34-10-12-36-14-16-38-17-15-37-13-11-35-9-7-25/h2-5H,6-17,25H2,1H3,(H,27,30)(H,26,28,31). The van der Waals surface area contributed by atoms with Gasteiger partial charge in [0.1, 0.15) is 5.69 Å². The predicted molar refractivity (Wildman–Crippen MR) is 144 cm³/mol. The van der Waals surface area contributed by atoms with Crippen LogP contribution < -0.4 is 16.4 Å². The van der Waals surface area contributed by atoms with Gasteiger partial charge in [-0.3, -0.25) is 25.0 Å². The lowest BCUT2D eigenvalue weighted by molar-refractivity contribution is -0.380. The Labute approximate surface area is 230 Å². The number of carbonyl (C=O) groups excluding carboxylic acids is 2. The molecule has 0 fully saturated rings. The van der Waals surface area contributed by atoms with Crippen molar-refractivity contribution in [3.05, 3.63) is 45.6 Å². The number of benzene rings is 1. The van der Waals surface area contributed by atoms with Gasteiger partial charge < -0.3 is 34.7 Å². The van der Waals surface area contributed by atoms with Crippen molar-refractivity contribution >= 4 is 39.0 Å². The monoisotopic (exact) mass is 569 g/mol. The smallest absolute Gasteiger partial charge is 0.348 e. The molecular weight excluding hydrogens is 534 g/mol. The second-order valence-corrected chi connectivity index (χ2v) is 8.79. The summed E-state index contributed by atoms with van der Waals surface area (Å²) in [7, 11) is 0. The lowest BCUT2D eigenvalue weighted by Crippen LogP contribution is -2.19. The molecule has 0 spiro atoms. The Balaban J connectivity index is 1.56. The molecule has 0 saturated carbocycles. The van der Waals surface area contributed by atoms with Gasteiger partial charge in [0.05, 0.1) is 88.7 Å². The minimum atomic E-state index is -0.553. The molecule has 1 heterocycles. The third-order valence-corrected chi connectivity index (χ3v) is 5.85. The molecular formula is C24H35N5O9S. The number of thiazole rings is 1. The maximum absolute atomic E-state index is 12.7. The van der Waals surface area contributed by atoms with Crippen LogP contribution in [0.4, 0.5) is 15.8 Å². The molecule has 0 aliphatic heterocycles. The summed E-state index contributed by atoms with van der Waals surface area (Å²) < 4.78 is 26.7. The molecule has 14 nitrogen and oxygen atoms in total. The van der Waals surface area contributed by atoms with E-state index >= 15 is 0 Å². The number of para-hydroxylation sites is 1. The number of aryl methyl sites for hydroxylation is 1. The van der Waals surface area contributed by atoms with Crippen molar-refractivity contribution in [1.82, 2.24) is 4.98 Å². The van der Waals surface area contributed by atoms with E-state index in [0.717, 1.165) is 11.3 Å². The topological polar surface area (TPSA) is 186 Å². The number of hydrogen-bond donors (Lipinski definition) is 3. The van der Waals surface area contributed by atoms with Gasteiger partial charge in [-0.15, -0.1) is 0 Å². The number of nitrogens with one attached hydrogen (secondary N) is 2. The van der Waals surface area contributed by atoms with Gasteiger partial charge in [0.15, 0.2) is 5.13 Å². The van der Waals surface area contributed by atoms with Crippen LogP contribution in [0.15, 0.2) is 24.3 Å². The van der Waals surface area contributed by atoms with E-state index in [1.807, 2.05) is 0 Å². The first kappa shape index (κ1) is 32.2. The normalized spacial score (nSPS) is 10.9. The molecule has 0 saturated heterocycles. The van der Waals surface area contributed by atoms with E-state index in [4.69, 9.17) is 29.4 Å². The number of hydrogen-bond acceptors (Lipinski definition) is 12. The highest BCUT2D eigenvalue weighted by Crippen LogP contribution is 2.30. The molecule has 39 heavy (non-hydrogen) atoms. The lowest BCUT2D eigenvalue weighted by atomic mass is 10.1. The Morgan fingerprint density at radius 1 is 0.897 bits per heavy atom. The van der Waals surface area contributed by atoms with E-state index in [2.05, 4.69) is 15.6 Å². The number of rotatable bonds is 21. The van der Waals surface area contributed by atoms with Crippen LogP contribution in [-0.4, -0.2) is 94.3 Å². The van der Waals surface area contributed by atoms with Crippen molar-refractivity contribution in [3.8, 4) is 0 Å². The van der Waals surface area contributed by atoms with Gasteiger partial charge in [-0.1, -0.05) is 12.1 Å². The SMILES string of the molecule is Cc1nc(NC(=O)c2ccccc2NC(=O)CCOCCOCCOCCOCCOCCN)sc1[N+](=O)[O-]. The Hall–Kier alpha value is -3.05. The Morgan fingerprint density at radius 3 is 1.97 bits per heavy atom. The van der Waals surface area contributed by atoms with Gasteiger partial charge in [-0.05, 0) is 30.4 Å². The summed E-state index contributed by atoms with van der Waals surface area (Å²) in [5.74, 6) is -0.883. The average molecular weight is 570 g/mol.